The van der Waals surface area contributed by atoms with Crippen LogP contribution in [-0.4, -0.2) is 50.6 Å². The van der Waals surface area contributed by atoms with Crippen LogP contribution in [0, 0.1) is 13.8 Å². The van der Waals surface area contributed by atoms with E-state index in [1.807, 2.05) is 44.2 Å². The lowest BCUT2D eigenvalue weighted by Crippen LogP contribution is -2.18. The smallest absolute Gasteiger partial charge is 0.231 e. The summed E-state index contributed by atoms with van der Waals surface area (Å²) in [6.07, 6.45) is -0.640. The average Bonchev–Trinajstić information content (AvgIpc) is 3.35. The monoisotopic (exact) mass is 414 g/mol. The Kier molecular flexibility index (Phi) is 5.98. The van der Waals surface area contributed by atoms with Crippen molar-refractivity contribution in [2.45, 2.75) is 31.7 Å². The van der Waals surface area contributed by atoms with E-state index in [2.05, 4.69) is 21.6 Å². The molecule has 0 saturated heterocycles. The van der Waals surface area contributed by atoms with Crippen LogP contribution < -0.4 is 9.47 Å². The molecule has 1 aliphatic rings. The zero-order valence-corrected chi connectivity index (χ0v) is 17.1. The molecule has 0 amide bonds. The van der Waals surface area contributed by atoms with Gasteiger partial charge in [0.1, 0.15) is 0 Å². The standard InChI is InChI=1S/C20H22N4O4S/c1-13-3-5-17(14(2)7-13)24-20(21-22-23-24)29-11-16(25)10-26-9-15-4-6-18-19(8-15)28-12-27-18/h3-8,16,25H,9-12H2,1-2H3/t16-/m1/s1. The fraction of sp³-hybridized carbons (Fsp3) is 0.350. The number of hydrogen-bond donors (Lipinski definition) is 1. The number of aryl methyl sites for hydroxylation is 2. The number of fused-ring (bicyclic) bond motifs is 1. The maximum absolute atomic E-state index is 10.3. The topological polar surface area (TPSA) is 91.5 Å². The lowest BCUT2D eigenvalue weighted by molar-refractivity contribution is 0.0397. The minimum atomic E-state index is -0.640. The van der Waals surface area contributed by atoms with Crippen molar-refractivity contribution in [1.82, 2.24) is 20.2 Å². The third-order valence-corrected chi connectivity index (χ3v) is 5.51. The number of tetrazole rings is 1. The first-order chi connectivity index (χ1) is 14.1. The van der Waals surface area contributed by atoms with E-state index in [4.69, 9.17) is 14.2 Å². The van der Waals surface area contributed by atoms with Gasteiger partial charge in [-0.05, 0) is 53.6 Å². The van der Waals surface area contributed by atoms with E-state index >= 15 is 0 Å². The van der Waals surface area contributed by atoms with Crippen molar-refractivity contribution < 1.29 is 19.3 Å². The number of thioether (sulfide) groups is 1. The van der Waals surface area contributed by atoms with Gasteiger partial charge in [0.05, 0.1) is 25.0 Å². The van der Waals surface area contributed by atoms with Gasteiger partial charge in [0.2, 0.25) is 11.9 Å². The number of hydrogen-bond acceptors (Lipinski definition) is 8. The quantitative estimate of drug-likeness (QED) is 0.563. The fourth-order valence-electron chi connectivity index (χ4n) is 3.03. The van der Waals surface area contributed by atoms with Crippen molar-refractivity contribution in [3.63, 3.8) is 0 Å². The number of benzene rings is 2. The van der Waals surface area contributed by atoms with Gasteiger partial charge in [0.15, 0.2) is 11.5 Å². The lowest BCUT2D eigenvalue weighted by atomic mass is 10.1. The summed E-state index contributed by atoms with van der Waals surface area (Å²) < 4.78 is 18.0. The van der Waals surface area contributed by atoms with Crippen LogP contribution in [0.2, 0.25) is 0 Å². The summed E-state index contributed by atoms with van der Waals surface area (Å²) in [4.78, 5) is 0. The summed E-state index contributed by atoms with van der Waals surface area (Å²) in [5.41, 5.74) is 4.17. The largest absolute Gasteiger partial charge is 0.454 e. The number of nitrogens with zero attached hydrogens (tertiary/aromatic N) is 4. The highest BCUT2D eigenvalue weighted by atomic mass is 32.2. The summed E-state index contributed by atoms with van der Waals surface area (Å²) in [6.45, 7) is 4.92. The first-order valence-corrected chi connectivity index (χ1v) is 10.2. The van der Waals surface area contributed by atoms with E-state index in [-0.39, 0.29) is 13.4 Å². The molecule has 8 nitrogen and oxygen atoms in total. The molecule has 9 heteroatoms. The summed E-state index contributed by atoms with van der Waals surface area (Å²) in [7, 11) is 0. The SMILES string of the molecule is Cc1ccc(-n2nnnc2SC[C@H](O)COCc2ccc3c(c2)OCO3)c(C)c1. The lowest BCUT2D eigenvalue weighted by Gasteiger charge is -2.12. The van der Waals surface area contributed by atoms with Crippen LogP contribution in [0.1, 0.15) is 16.7 Å². The second-order valence-electron chi connectivity index (χ2n) is 6.83. The summed E-state index contributed by atoms with van der Waals surface area (Å²) in [5, 5.41) is 22.8. The Morgan fingerprint density at radius 2 is 2.03 bits per heavy atom. The van der Waals surface area contributed by atoms with Crippen molar-refractivity contribution >= 4 is 11.8 Å². The second-order valence-corrected chi connectivity index (χ2v) is 7.82. The van der Waals surface area contributed by atoms with Crippen LogP contribution in [0.3, 0.4) is 0 Å². The molecule has 4 rings (SSSR count). The Morgan fingerprint density at radius 1 is 1.17 bits per heavy atom. The Bertz CT molecular complexity index is 994. The fourth-order valence-corrected chi connectivity index (χ4v) is 3.81. The summed E-state index contributed by atoms with van der Waals surface area (Å²) >= 11 is 1.39. The molecule has 2 aromatic carbocycles. The summed E-state index contributed by atoms with van der Waals surface area (Å²) in [5.74, 6) is 1.89. The van der Waals surface area contributed by atoms with Crippen molar-refractivity contribution in [2.75, 3.05) is 19.2 Å². The van der Waals surface area contributed by atoms with E-state index in [0.29, 0.717) is 17.5 Å². The highest BCUT2D eigenvalue weighted by molar-refractivity contribution is 7.99. The molecule has 0 aliphatic carbocycles. The minimum Gasteiger partial charge on any atom is -0.454 e. The molecule has 1 atom stereocenters. The van der Waals surface area contributed by atoms with Gasteiger partial charge >= 0.3 is 0 Å². The molecule has 29 heavy (non-hydrogen) atoms. The van der Waals surface area contributed by atoms with Crippen LogP contribution in [0.15, 0.2) is 41.6 Å². The number of aliphatic hydroxyl groups is 1. The maximum atomic E-state index is 10.3. The number of rotatable bonds is 8. The number of aromatic nitrogens is 4. The summed E-state index contributed by atoms with van der Waals surface area (Å²) in [6, 6.07) is 11.8. The molecular formula is C20H22N4O4S. The van der Waals surface area contributed by atoms with Gasteiger partial charge in [-0.2, -0.15) is 4.68 Å². The molecule has 0 spiro atoms. The van der Waals surface area contributed by atoms with Crippen LogP contribution in [-0.2, 0) is 11.3 Å². The van der Waals surface area contributed by atoms with Crippen molar-refractivity contribution in [3.8, 4) is 17.2 Å². The van der Waals surface area contributed by atoms with Gasteiger partial charge in [0, 0.05) is 5.75 Å². The Hall–Kier alpha value is -2.62. The zero-order chi connectivity index (χ0) is 20.2. The van der Waals surface area contributed by atoms with Gasteiger partial charge in [0.25, 0.3) is 0 Å². The van der Waals surface area contributed by atoms with Crippen LogP contribution in [0.5, 0.6) is 11.5 Å². The molecule has 2 heterocycles. The van der Waals surface area contributed by atoms with Crippen LogP contribution >= 0.6 is 11.8 Å². The first-order valence-electron chi connectivity index (χ1n) is 9.23. The maximum Gasteiger partial charge on any atom is 0.231 e. The van der Waals surface area contributed by atoms with Crippen LogP contribution in [0.25, 0.3) is 5.69 Å². The Balaban J connectivity index is 1.28. The second kappa shape index (κ2) is 8.81. The van der Waals surface area contributed by atoms with E-state index in [0.717, 1.165) is 28.3 Å². The Morgan fingerprint density at radius 3 is 2.90 bits per heavy atom. The van der Waals surface area contributed by atoms with Gasteiger partial charge in [-0.1, -0.05) is 35.5 Å². The van der Waals surface area contributed by atoms with Crippen LogP contribution in [0.4, 0.5) is 0 Å². The molecule has 0 unspecified atom stereocenters. The molecule has 1 aliphatic heterocycles. The predicted molar refractivity (Wildman–Crippen MR) is 108 cm³/mol. The number of ether oxygens (including phenoxy) is 3. The number of aliphatic hydroxyl groups excluding tert-OH is 1. The van der Waals surface area contributed by atoms with E-state index in [1.165, 1.54) is 17.3 Å². The molecule has 0 bridgehead atoms. The van der Waals surface area contributed by atoms with Crippen molar-refractivity contribution in [1.29, 1.82) is 0 Å². The third-order valence-electron chi connectivity index (χ3n) is 4.44. The molecule has 1 aromatic heterocycles. The van der Waals surface area contributed by atoms with E-state index in [9.17, 15) is 5.11 Å². The molecule has 0 saturated carbocycles. The van der Waals surface area contributed by atoms with Gasteiger partial charge < -0.3 is 19.3 Å². The molecular weight excluding hydrogens is 392 g/mol. The molecule has 152 valence electrons. The molecule has 3 aromatic rings. The predicted octanol–water partition coefficient (Wildman–Crippen LogP) is 2.68. The van der Waals surface area contributed by atoms with Crippen molar-refractivity contribution in [2.24, 2.45) is 0 Å². The van der Waals surface area contributed by atoms with Gasteiger partial charge in [-0.3, -0.25) is 0 Å². The highest BCUT2D eigenvalue weighted by Crippen LogP contribution is 2.32. The van der Waals surface area contributed by atoms with E-state index < -0.39 is 6.10 Å². The normalized spacial score (nSPS) is 13.6. The molecule has 0 fully saturated rings. The first kappa shape index (κ1) is 19.7. The zero-order valence-electron chi connectivity index (χ0n) is 16.2. The van der Waals surface area contributed by atoms with E-state index in [1.54, 1.807) is 4.68 Å². The van der Waals surface area contributed by atoms with Crippen molar-refractivity contribution in [3.05, 3.63) is 53.1 Å². The Labute approximate surface area is 172 Å². The third kappa shape index (κ3) is 4.69. The molecule has 1 N–H and O–H groups in total. The highest BCUT2D eigenvalue weighted by Gasteiger charge is 2.15. The van der Waals surface area contributed by atoms with Gasteiger partial charge in [-0.15, -0.1) is 5.10 Å². The average molecular weight is 414 g/mol. The molecule has 0 radical (unpaired) electrons. The van der Waals surface area contributed by atoms with Gasteiger partial charge in [-0.25, -0.2) is 0 Å². The minimum absolute atomic E-state index is 0.215.